The van der Waals surface area contributed by atoms with Gasteiger partial charge in [-0.1, -0.05) is 24.3 Å². The van der Waals surface area contributed by atoms with Crippen LogP contribution in [0.3, 0.4) is 0 Å². The molecule has 0 aliphatic heterocycles. The van der Waals surface area contributed by atoms with Crippen LogP contribution >= 0.6 is 0 Å². The highest BCUT2D eigenvalue weighted by Gasteiger charge is 2.24. The molecule has 0 aliphatic carbocycles. The molecule has 0 bridgehead atoms. The molecule has 3 aromatic rings. The summed E-state index contributed by atoms with van der Waals surface area (Å²) >= 11 is 0. The summed E-state index contributed by atoms with van der Waals surface area (Å²) in [5.41, 5.74) is 1.06. The molecule has 118 valence electrons. The third-order valence-electron chi connectivity index (χ3n) is 3.61. The molecule has 0 spiro atoms. The van der Waals surface area contributed by atoms with E-state index >= 15 is 0 Å². The second-order valence-corrected chi connectivity index (χ2v) is 5.12. The summed E-state index contributed by atoms with van der Waals surface area (Å²) in [6.07, 6.45) is 0. The van der Waals surface area contributed by atoms with Crippen molar-refractivity contribution in [2.75, 3.05) is 6.61 Å². The Bertz CT molecular complexity index is 871. The van der Waals surface area contributed by atoms with Gasteiger partial charge in [-0.3, -0.25) is 0 Å². The fraction of sp³-hybridized carbons (Fsp3) is 0.167. The average molecular weight is 315 g/mol. The number of benzene rings is 2. The van der Waals surface area contributed by atoms with Crippen molar-refractivity contribution in [3.8, 4) is 0 Å². The molecule has 0 aliphatic rings. The molecule has 1 aromatic heterocycles. The Kier molecular flexibility index (Phi) is 4.10. The highest BCUT2D eigenvalue weighted by molar-refractivity contribution is 5.96. The van der Waals surface area contributed by atoms with E-state index < -0.39 is 11.8 Å². The van der Waals surface area contributed by atoms with Crippen LogP contribution in [-0.4, -0.2) is 17.1 Å². The summed E-state index contributed by atoms with van der Waals surface area (Å²) in [5.74, 6) is -1.72. The van der Waals surface area contributed by atoms with Gasteiger partial charge in [-0.15, -0.1) is 0 Å². The second-order valence-electron chi connectivity index (χ2n) is 5.12. The zero-order valence-electron chi connectivity index (χ0n) is 12.6. The van der Waals surface area contributed by atoms with Crippen LogP contribution < -0.4 is 0 Å². The van der Waals surface area contributed by atoms with Crippen LogP contribution in [0.25, 0.3) is 10.9 Å². The monoisotopic (exact) mass is 315 g/mol. The molecule has 0 saturated heterocycles. The Morgan fingerprint density at radius 2 is 1.91 bits per heavy atom. The molecule has 0 amide bonds. The third kappa shape index (κ3) is 2.82. The standard InChI is InChI=1S/C18H15F2NO2/c1-2-23-18(22)17-16(20)14-8-3-4-9-15(14)21(17)11-12-6-5-7-13(19)10-12/h3-10H,2,11H2,1H3. The van der Waals surface area contributed by atoms with Crippen molar-refractivity contribution < 1.29 is 18.3 Å². The number of hydrogen-bond acceptors (Lipinski definition) is 2. The number of carbonyl (C=O) groups is 1. The van der Waals surface area contributed by atoms with Gasteiger partial charge < -0.3 is 9.30 Å². The van der Waals surface area contributed by atoms with Gasteiger partial charge in [0.05, 0.1) is 12.1 Å². The quantitative estimate of drug-likeness (QED) is 0.677. The van der Waals surface area contributed by atoms with Crippen molar-refractivity contribution in [2.24, 2.45) is 0 Å². The topological polar surface area (TPSA) is 31.2 Å². The molecule has 0 atom stereocenters. The van der Waals surface area contributed by atoms with E-state index in [1.807, 2.05) is 0 Å². The summed E-state index contributed by atoms with van der Waals surface area (Å²) in [4.78, 5) is 12.2. The lowest BCUT2D eigenvalue weighted by Gasteiger charge is -2.10. The zero-order chi connectivity index (χ0) is 16.4. The predicted molar refractivity (Wildman–Crippen MR) is 83.4 cm³/mol. The first kappa shape index (κ1) is 15.2. The molecule has 0 saturated carbocycles. The Labute approximate surface area is 132 Å². The van der Waals surface area contributed by atoms with Crippen LogP contribution in [-0.2, 0) is 11.3 Å². The highest BCUT2D eigenvalue weighted by Crippen LogP contribution is 2.26. The largest absolute Gasteiger partial charge is 0.461 e. The molecule has 3 rings (SSSR count). The van der Waals surface area contributed by atoms with Crippen LogP contribution in [0.15, 0.2) is 48.5 Å². The van der Waals surface area contributed by atoms with Crippen molar-refractivity contribution in [2.45, 2.75) is 13.5 Å². The number of nitrogens with zero attached hydrogens (tertiary/aromatic N) is 1. The van der Waals surface area contributed by atoms with Crippen LogP contribution in [0.5, 0.6) is 0 Å². The summed E-state index contributed by atoms with van der Waals surface area (Å²) in [5, 5.41) is 0.340. The minimum Gasteiger partial charge on any atom is -0.461 e. The van der Waals surface area contributed by atoms with Crippen LogP contribution in [0.1, 0.15) is 23.0 Å². The van der Waals surface area contributed by atoms with Crippen molar-refractivity contribution in [1.29, 1.82) is 0 Å². The molecule has 0 radical (unpaired) electrons. The molecule has 23 heavy (non-hydrogen) atoms. The van der Waals surface area contributed by atoms with Crippen LogP contribution in [0.4, 0.5) is 8.78 Å². The first-order valence-electron chi connectivity index (χ1n) is 7.30. The van der Waals surface area contributed by atoms with E-state index in [0.717, 1.165) is 0 Å². The van der Waals surface area contributed by atoms with Gasteiger partial charge >= 0.3 is 5.97 Å². The number of halogens is 2. The summed E-state index contributed by atoms with van der Waals surface area (Å²) in [7, 11) is 0. The average Bonchev–Trinajstić information content (AvgIpc) is 2.81. The van der Waals surface area contributed by atoms with Crippen LogP contribution in [0.2, 0.25) is 0 Å². The third-order valence-corrected chi connectivity index (χ3v) is 3.61. The number of para-hydroxylation sites is 1. The Morgan fingerprint density at radius 3 is 2.65 bits per heavy atom. The minimum atomic E-state index is -0.724. The predicted octanol–water partition coefficient (Wildman–Crippen LogP) is 4.14. The van der Waals surface area contributed by atoms with Gasteiger partial charge in [0, 0.05) is 11.9 Å². The van der Waals surface area contributed by atoms with Crippen molar-refractivity contribution in [3.05, 3.63) is 71.4 Å². The lowest BCUT2D eigenvalue weighted by atomic mass is 10.2. The minimum absolute atomic E-state index is 0.141. The van der Waals surface area contributed by atoms with Crippen molar-refractivity contribution >= 4 is 16.9 Å². The second kappa shape index (κ2) is 6.20. The number of hydrogen-bond donors (Lipinski definition) is 0. The number of ether oxygens (including phenoxy) is 1. The van der Waals surface area contributed by atoms with Gasteiger partial charge in [-0.2, -0.15) is 0 Å². The molecule has 0 fully saturated rings. The number of esters is 1. The molecule has 3 nitrogen and oxygen atoms in total. The van der Waals surface area contributed by atoms with Crippen molar-refractivity contribution in [3.63, 3.8) is 0 Å². The fourth-order valence-corrected chi connectivity index (χ4v) is 2.64. The lowest BCUT2D eigenvalue weighted by Crippen LogP contribution is -2.14. The van der Waals surface area contributed by atoms with E-state index in [-0.39, 0.29) is 24.7 Å². The summed E-state index contributed by atoms with van der Waals surface area (Å²) < 4.78 is 34.5. The van der Waals surface area contributed by atoms with Gasteiger partial charge in [-0.05, 0) is 36.8 Å². The van der Waals surface area contributed by atoms with Gasteiger partial charge in [0.2, 0.25) is 0 Å². The molecular formula is C18H15F2NO2. The lowest BCUT2D eigenvalue weighted by molar-refractivity contribution is 0.0509. The fourth-order valence-electron chi connectivity index (χ4n) is 2.64. The van der Waals surface area contributed by atoms with E-state index in [4.69, 9.17) is 4.74 Å². The number of aromatic nitrogens is 1. The van der Waals surface area contributed by atoms with E-state index in [9.17, 15) is 13.6 Å². The van der Waals surface area contributed by atoms with Crippen molar-refractivity contribution in [1.82, 2.24) is 4.57 Å². The molecule has 1 heterocycles. The number of rotatable bonds is 4. The van der Waals surface area contributed by atoms with Gasteiger partial charge in [0.1, 0.15) is 5.82 Å². The maximum Gasteiger partial charge on any atom is 0.358 e. The molecular weight excluding hydrogens is 300 g/mol. The zero-order valence-corrected chi connectivity index (χ0v) is 12.6. The number of carbonyl (C=O) groups excluding carboxylic acids is 1. The molecule has 5 heteroatoms. The van der Waals surface area contributed by atoms with E-state index in [0.29, 0.717) is 16.5 Å². The van der Waals surface area contributed by atoms with E-state index in [2.05, 4.69) is 0 Å². The SMILES string of the molecule is CCOC(=O)c1c(F)c2ccccc2n1Cc1cccc(F)c1. The summed E-state index contributed by atoms with van der Waals surface area (Å²) in [6.45, 7) is 1.99. The van der Waals surface area contributed by atoms with E-state index in [1.165, 1.54) is 16.7 Å². The Balaban J connectivity index is 2.17. The first-order valence-corrected chi connectivity index (χ1v) is 7.30. The normalized spacial score (nSPS) is 10.9. The maximum absolute atomic E-state index is 14.6. The first-order chi connectivity index (χ1) is 11.1. The molecule has 0 N–H and O–H groups in total. The number of fused-ring (bicyclic) bond motifs is 1. The van der Waals surface area contributed by atoms with Gasteiger partial charge in [0.25, 0.3) is 0 Å². The summed E-state index contributed by atoms with van der Waals surface area (Å²) in [6, 6.07) is 12.8. The maximum atomic E-state index is 14.6. The van der Waals surface area contributed by atoms with Gasteiger partial charge in [0.15, 0.2) is 11.5 Å². The molecule has 0 unspecified atom stereocenters. The Morgan fingerprint density at radius 1 is 1.13 bits per heavy atom. The van der Waals surface area contributed by atoms with E-state index in [1.54, 1.807) is 43.3 Å². The van der Waals surface area contributed by atoms with Crippen LogP contribution in [0, 0.1) is 11.6 Å². The van der Waals surface area contributed by atoms with Gasteiger partial charge in [-0.25, -0.2) is 13.6 Å². The molecule has 2 aromatic carbocycles. The smallest absolute Gasteiger partial charge is 0.358 e. The highest BCUT2D eigenvalue weighted by atomic mass is 19.1. The Hall–Kier alpha value is -2.69.